The summed E-state index contributed by atoms with van der Waals surface area (Å²) in [4.78, 5) is 0.0139. The molecule has 0 fully saturated rings. The second-order valence-corrected chi connectivity index (χ2v) is 3.10. The molecule has 0 aromatic carbocycles. The van der Waals surface area contributed by atoms with Crippen molar-refractivity contribution in [2.45, 2.75) is 32.1 Å². The average Bonchev–Trinajstić information content (AvgIpc) is 1.35. The van der Waals surface area contributed by atoms with Crippen LogP contribution in [0.15, 0.2) is 0 Å². The SMILES string of the molecule is CCC(C)(C)Cl.[Mg]. The Balaban J connectivity index is 0. The molecular formula is C5H11ClMg. The van der Waals surface area contributed by atoms with E-state index in [1.807, 2.05) is 13.8 Å². The summed E-state index contributed by atoms with van der Waals surface area (Å²) in [6.07, 6.45) is 1.04. The van der Waals surface area contributed by atoms with E-state index in [0.29, 0.717) is 0 Å². The van der Waals surface area contributed by atoms with Gasteiger partial charge in [-0.05, 0) is 20.3 Å². The van der Waals surface area contributed by atoms with Gasteiger partial charge in [-0.2, -0.15) is 0 Å². The minimum absolute atomic E-state index is 0. The molecule has 0 bridgehead atoms. The van der Waals surface area contributed by atoms with Gasteiger partial charge in [-0.1, -0.05) is 6.92 Å². The largest absolute Gasteiger partial charge is 0.120 e. The van der Waals surface area contributed by atoms with Crippen LogP contribution in [0, 0.1) is 0 Å². The van der Waals surface area contributed by atoms with Crippen LogP contribution in [0.5, 0.6) is 0 Å². The normalized spacial score (nSPS) is 10.3. The van der Waals surface area contributed by atoms with Crippen LogP contribution in [0.1, 0.15) is 27.2 Å². The molecule has 0 rings (SSSR count). The number of hydrogen-bond acceptors (Lipinski definition) is 0. The second kappa shape index (κ2) is 3.99. The van der Waals surface area contributed by atoms with E-state index in [4.69, 9.17) is 11.6 Å². The zero-order valence-corrected chi connectivity index (χ0v) is 7.46. The summed E-state index contributed by atoms with van der Waals surface area (Å²) < 4.78 is 0. The molecule has 0 saturated heterocycles. The standard InChI is InChI=1S/C5H11Cl.Mg/c1-4-5(2,3)6;/h4H2,1-3H3;. The Kier molecular flexibility index (Phi) is 6.23. The lowest BCUT2D eigenvalue weighted by atomic mass is 10.1. The van der Waals surface area contributed by atoms with Gasteiger partial charge in [0.15, 0.2) is 0 Å². The number of hydrogen-bond donors (Lipinski definition) is 0. The van der Waals surface area contributed by atoms with Crippen molar-refractivity contribution in [3.63, 3.8) is 0 Å². The van der Waals surface area contributed by atoms with Crippen molar-refractivity contribution in [1.82, 2.24) is 0 Å². The van der Waals surface area contributed by atoms with Gasteiger partial charge in [0, 0.05) is 27.9 Å². The molecular weight excluding hydrogens is 120 g/mol. The predicted molar refractivity (Wildman–Crippen MR) is 36.0 cm³/mol. The molecule has 0 aliphatic rings. The summed E-state index contributed by atoms with van der Waals surface area (Å²) in [6.45, 7) is 6.09. The van der Waals surface area contributed by atoms with Crippen molar-refractivity contribution in [3.8, 4) is 0 Å². The van der Waals surface area contributed by atoms with Crippen LogP contribution in [0.25, 0.3) is 0 Å². The quantitative estimate of drug-likeness (QED) is 0.377. The van der Waals surface area contributed by atoms with Gasteiger partial charge in [-0.15, -0.1) is 11.6 Å². The first-order chi connectivity index (χ1) is 2.56. The Morgan fingerprint density at radius 2 is 1.57 bits per heavy atom. The van der Waals surface area contributed by atoms with Gasteiger partial charge in [0.1, 0.15) is 0 Å². The van der Waals surface area contributed by atoms with E-state index in [2.05, 4.69) is 6.92 Å². The van der Waals surface area contributed by atoms with Gasteiger partial charge in [-0.3, -0.25) is 0 Å². The molecule has 0 aromatic heterocycles. The van der Waals surface area contributed by atoms with Crippen LogP contribution in [-0.2, 0) is 0 Å². The fraction of sp³-hybridized carbons (Fsp3) is 1.00. The molecule has 0 spiro atoms. The van der Waals surface area contributed by atoms with E-state index in [0.717, 1.165) is 6.42 Å². The van der Waals surface area contributed by atoms with Crippen molar-refractivity contribution in [2.75, 3.05) is 0 Å². The van der Waals surface area contributed by atoms with Crippen LogP contribution in [0.2, 0.25) is 0 Å². The highest BCUT2D eigenvalue weighted by atomic mass is 35.5. The lowest BCUT2D eigenvalue weighted by Crippen LogP contribution is -2.05. The zero-order chi connectivity index (χ0) is 5.21. The molecule has 2 radical (unpaired) electrons. The zero-order valence-electron chi connectivity index (χ0n) is 5.29. The van der Waals surface area contributed by atoms with Crippen LogP contribution >= 0.6 is 11.6 Å². The van der Waals surface area contributed by atoms with Crippen LogP contribution in [0.3, 0.4) is 0 Å². The maximum Gasteiger partial charge on any atom is 0.0388 e. The molecule has 0 N–H and O–H groups in total. The molecule has 0 aromatic rings. The first-order valence-electron chi connectivity index (χ1n) is 2.25. The molecule has 0 heterocycles. The van der Waals surface area contributed by atoms with E-state index in [1.54, 1.807) is 0 Å². The maximum absolute atomic E-state index is 5.72. The third-order valence-electron chi connectivity index (χ3n) is 0.841. The number of halogens is 1. The van der Waals surface area contributed by atoms with E-state index < -0.39 is 0 Å². The Bertz CT molecular complexity index is 37.8. The third-order valence-corrected chi connectivity index (χ3v) is 1.11. The van der Waals surface area contributed by atoms with Gasteiger partial charge in [-0.25, -0.2) is 0 Å². The maximum atomic E-state index is 5.72. The summed E-state index contributed by atoms with van der Waals surface area (Å²) in [5, 5.41) is 0. The summed E-state index contributed by atoms with van der Waals surface area (Å²) in [5.74, 6) is 0. The highest BCUT2D eigenvalue weighted by Crippen LogP contribution is 2.15. The van der Waals surface area contributed by atoms with Gasteiger partial charge in [0.25, 0.3) is 0 Å². The van der Waals surface area contributed by atoms with Gasteiger partial charge in [0.05, 0.1) is 0 Å². The molecule has 0 amide bonds. The average molecular weight is 131 g/mol. The van der Waals surface area contributed by atoms with Crippen molar-refractivity contribution in [1.29, 1.82) is 0 Å². The molecule has 2 heteroatoms. The highest BCUT2D eigenvalue weighted by Gasteiger charge is 2.06. The van der Waals surface area contributed by atoms with Crippen molar-refractivity contribution in [3.05, 3.63) is 0 Å². The molecule has 0 atom stereocenters. The lowest BCUT2D eigenvalue weighted by Gasteiger charge is -2.09. The predicted octanol–water partition coefficient (Wildman–Crippen LogP) is 2.03. The van der Waals surface area contributed by atoms with Crippen molar-refractivity contribution >= 4 is 34.7 Å². The minimum Gasteiger partial charge on any atom is -0.120 e. The van der Waals surface area contributed by atoms with E-state index in [9.17, 15) is 0 Å². The minimum atomic E-state index is 0. The Labute approximate surface area is 66.8 Å². The van der Waals surface area contributed by atoms with Crippen molar-refractivity contribution in [2.24, 2.45) is 0 Å². The van der Waals surface area contributed by atoms with Gasteiger partial charge < -0.3 is 0 Å². The molecule has 40 valence electrons. The van der Waals surface area contributed by atoms with Gasteiger partial charge in [0.2, 0.25) is 0 Å². The van der Waals surface area contributed by atoms with Crippen LogP contribution in [-0.4, -0.2) is 27.9 Å². The van der Waals surface area contributed by atoms with Gasteiger partial charge >= 0.3 is 0 Å². The Hall–Kier alpha value is 1.06. The second-order valence-electron chi connectivity index (χ2n) is 2.07. The number of alkyl halides is 1. The van der Waals surface area contributed by atoms with Crippen LogP contribution < -0.4 is 0 Å². The van der Waals surface area contributed by atoms with E-state index >= 15 is 0 Å². The molecule has 0 saturated carbocycles. The monoisotopic (exact) mass is 130 g/mol. The fourth-order valence-electron chi connectivity index (χ4n) is 0. The third kappa shape index (κ3) is 11.0. The highest BCUT2D eigenvalue weighted by molar-refractivity contribution is 6.23. The molecule has 0 unspecified atom stereocenters. The van der Waals surface area contributed by atoms with E-state index in [-0.39, 0.29) is 27.9 Å². The van der Waals surface area contributed by atoms with Crippen LogP contribution in [0.4, 0.5) is 0 Å². The first kappa shape index (κ1) is 10.9. The molecule has 7 heavy (non-hydrogen) atoms. The molecule has 0 aliphatic heterocycles. The van der Waals surface area contributed by atoms with E-state index in [1.165, 1.54) is 0 Å². The lowest BCUT2D eigenvalue weighted by molar-refractivity contribution is 0.671. The molecule has 0 nitrogen and oxygen atoms in total. The summed E-state index contributed by atoms with van der Waals surface area (Å²) in [6, 6.07) is 0. The summed E-state index contributed by atoms with van der Waals surface area (Å²) in [5.41, 5.74) is 0. The Morgan fingerprint density at radius 1 is 1.43 bits per heavy atom. The summed E-state index contributed by atoms with van der Waals surface area (Å²) in [7, 11) is 0. The smallest absolute Gasteiger partial charge is 0.0388 e. The summed E-state index contributed by atoms with van der Waals surface area (Å²) >= 11 is 5.72. The molecule has 0 aliphatic carbocycles. The Morgan fingerprint density at radius 3 is 1.57 bits per heavy atom. The first-order valence-corrected chi connectivity index (χ1v) is 2.63. The van der Waals surface area contributed by atoms with Crippen molar-refractivity contribution < 1.29 is 0 Å². The fourth-order valence-corrected chi connectivity index (χ4v) is 0. The number of rotatable bonds is 1. The topological polar surface area (TPSA) is 0 Å².